The van der Waals surface area contributed by atoms with Crippen molar-refractivity contribution < 1.29 is 37.0 Å². The van der Waals surface area contributed by atoms with Crippen molar-refractivity contribution in [3.05, 3.63) is 59.7 Å². The Labute approximate surface area is 198 Å². The number of rotatable bonds is 9. The van der Waals surface area contributed by atoms with Crippen LogP contribution in [0.5, 0.6) is 0 Å². The zero-order valence-corrected chi connectivity index (χ0v) is 18.8. The first-order chi connectivity index (χ1) is 16.1. The standard InChI is InChI=1S/C22H22F3N3O5S/c1-32-11-12-33-19(30)10-9-18(29)28-21(34)27-16-7-5-14(6-8-16)20(31)26-17-4-2-3-15(13-17)22(23,24)25/h2-8,13H,9-12H2,1H3,(H,26,31)(H2,27,28,29,34). The number of carbonyl (C=O) groups is 3. The molecule has 0 saturated heterocycles. The summed E-state index contributed by atoms with van der Waals surface area (Å²) >= 11 is 5.04. The van der Waals surface area contributed by atoms with Crippen molar-refractivity contribution in [1.82, 2.24) is 5.32 Å². The van der Waals surface area contributed by atoms with Gasteiger partial charge in [0.1, 0.15) is 6.61 Å². The molecule has 182 valence electrons. The van der Waals surface area contributed by atoms with E-state index < -0.39 is 29.5 Å². The molecule has 0 aliphatic heterocycles. The largest absolute Gasteiger partial charge is 0.463 e. The number of thiocarbonyl (C=S) groups is 1. The van der Waals surface area contributed by atoms with E-state index in [4.69, 9.17) is 21.7 Å². The highest BCUT2D eigenvalue weighted by Crippen LogP contribution is 2.30. The lowest BCUT2D eigenvalue weighted by Crippen LogP contribution is -2.34. The number of amides is 2. The van der Waals surface area contributed by atoms with Crippen molar-refractivity contribution in [2.24, 2.45) is 0 Å². The summed E-state index contributed by atoms with van der Waals surface area (Å²) in [6, 6.07) is 10.2. The number of alkyl halides is 3. The van der Waals surface area contributed by atoms with Crippen LogP contribution in [0.1, 0.15) is 28.8 Å². The van der Waals surface area contributed by atoms with Gasteiger partial charge in [0.25, 0.3) is 5.91 Å². The van der Waals surface area contributed by atoms with Crippen molar-refractivity contribution in [2.75, 3.05) is 31.0 Å². The van der Waals surface area contributed by atoms with E-state index in [1.165, 1.54) is 43.5 Å². The van der Waals surface area contributed by atoms with Gasteiger partial charge < -0.3 is 25.4 Å². The zero-order chi connectivity index (χ0) is 25.1. The minimum atomic E-state index is -4.52. The van der Waals surface area contributed by atoms with E-state index >= 15 is 0 Å². The molecule has 8 nitrogen and oxygen atoms in total. The number of hydrogen-bond acceptors (Lipinski definition) is 6. The van der Waals surface area contributed by atoms with Crippen molar-refractivity contribution in [3.63, 3.8) is 0 Å². The fraction of sp³-hybridized carbons (Fsp3) is 0.273. The molecular formula is C22H22F3N3O5S. The Morgan fingerprint density at radius 1 is 0.941 bits per heavy atom. The van der Waals surface area contributed by atoms with E-state index in [1.807, 2.05) is 0 Å². The van der Waals surface area contributed by atoms with Gasteiger partial charge in [-0.05, 0) is 54.7 Å². The van der Waals surface area contributed by atoms with Crippen LogP contribution in [-0.2, 0) is 25.2 Å². The maximum Gasteiger partial charge on any atom is 0.416 e. The Morgan fingerprint density at radius 2 is 1.65 bits per heavy atom. The first-order valence-corrected chi connectivity index (χ1v) is 10.3. The van der Waals surface area contributed by atoms with Gasteiger partial charge in [0.2, 0.25) is 5.91 Å². The lowest BCUT2D eigenvalue weighted by molar-refractivity contribution is -0.146. The quantitative estimate of drug-likeness (QED) is 0.275. The predicted octanol–water partition coefficient (Wildman–Crippen LogP) is 3.74. The fourth-order valence-electron chi connectivity index (χ4n) is 2.56. The summed E-state index contributed by atoms with van der Waals surface area (Å²) in [5.41, 5.74) is -0.207. The second-order valence-corrected chi connectivity index (χ2v) is 7.23. The van der Waals surface area contributed by atoms with E-state index in [0.717, 1.165) is 12.1 Å². The molecule has 0 aromatic heterocycles. The average molecular weight is 497 g/mol. The highest BCUT2D eigenvalue weighted by molar-refractivity contribution is 7.80. The van der Waals surface area contributed by atoms with Crippen LogP contribution >= 0.6 is 12.2 Å². The molecule has 0 bridgehead atoms. The molecule has 0 spiro atoms. The summed E-state index contributed by atoms with van der Waals surface area (Å²) < 4.78 is 48.0. The van der Waals surface area contributed by atoms with Gasteiger partial charge in [-0.2, -0.15) is 13.2 Å². The molecule has 2 amide bonds. The van der Waals surface area contributed by atoms with Gasteiger partial charge in [0, 0.05) is 30.5 Å². The molecule has 0 aliphatic carbocycles. The van der Waals surface area contributed by atoms with Crippen LogP contribution in [0.3, 0.4) is 0 Å². The summed E-state index contributed by atoms with van der Waals surface area (Å²) in [6.45, 7) is 0.364. The normalized spacial score (nSPS) is 10.8. The summed E-state index contributed by atoms with van der Waals surface area (Å²) in [5.74, 6) is -1.62. The molecule has 0 fully saturated rings. The third-order valence-corrected chi connectivity index (χ3v) is 4.42. The Bertz CT molecular complexity index is 1030. The SMILES string of the molecule is COCCOC(=O)CCC(=O)NC(=S)Nc1ccc(C(=O)Nc2cccc(C(F)(F)F)c2)cc1. The van der Waals surface area contributed by atoms with Crippen LogP contribution in [-0.4, -0.2) is 43.2 Å². The summed E-state index contributed by atoms with van der Waals surface area (Å²) in [6.07, 6.45) is -4.76. The summed E-state index contributed by atoms with van der Waals surface area (Å²) in [4.78, 5) is 35.7. The van der Waals surface area contributed by atoms with E-state index in [1.54, 1.807) is 0 Å². The zero-order valence-electron chi connectivity index (χ0n) is 18.0. The topological polar surface area (TPSA) is 106 Å². The van der Waals surface area contributed by atoms with E-state index in [0.29, 0.717) is 5.69 Å². The van der Waals surface area contributed by atoms with Crippen LogP contribution in [0.2, 0.25) is 0 Å². The monoisotopic (exact) mass is 497 g/mol. The molecule has 0 saturated carbocycles. The fourth-order valence-corrected chi connectivity index (χ4v) is 2.79. The van der Waals surface area contributed by atoms with Crippen LogP contribution in [0.4, 0.5) is 24.5 Å². The molecule has 2 aromatic carbocycles. The Balaban J connectivity index is 1.83. The lowest BCUT2D eigenvalue weighted by Gasteiger charge is -2.11. The number of anilines is 2. The third-order valence-electron chi connectivity index (χ3n) is 4.21. The van der Waals surface area contributed by atoms with Gasteiger partial charge in [-0.25, -0.2) is 0 Å². The van der Waals surface area contributed by atoms with Crippen molar-refractivity contribution >= 4 is 46.5 Å². The smallest absolute Gasteiger partial charge is 0.416 e. The van der Waals surface area contributed by atoms with Crippen LogP contribution in [0.15, 0.2) is 48.5 Å². The van der Waals surface area contributed by atoms with Crippen molar-refractivity contribution in [1.29, 1.82) is 0 Å². The Morgan fingerprint density at radius 3 is 2.29 bits per heavy atom. The number of methoxy groups -OCH3 is 1. The Hall–Kier alpha value is -3.51. The first-order valence-electron chi connectivity index (χ1n) is 9.92. The number of esters is 1. The highest BCUT2D eigenvalue weighted by atomic mass is 32.1. The van der Waals surface area contributed by atoms with E-state index in [-0.39, 0.29) is 42.4 Å². The van der Waals surface area contributed by atoms with Crippen LogP contribution in [0, 0.1) is 0 Å². The molecule has 2 aromatic rings. The highest BCUT2D eigenvalue weighted by Gasteiger charge is 2.30. The second kappa shape index (κ2) is 12.7. The molecular weight excluding hydrogens is 475 g/mol. The predicted molar refractivity (Wildman–Crippen MR) is 122 cm³/mol. The number of halogens is 3. The summed E-state index contributed by atoms with van der Waals surface area (Å²) in [5, 5.41) is 7.56. The van der Waals surface area contributed by atoms with Crippen LogP contribution in [0.25, 0.3) is 0 Å². The van der Waals surface area contributed by atoms with Crippen LogP contribution < -0.4 is 16.0 Å². The number of nitrogens with one attached hydrogen (secondary N) is 3. The van der Waals surface area contributed by atoms with Gasteiger partial charge in [0.05, 0.1) is 18.6 Å². The molecule has 12 heteroatoms. The molecule has 34 heavy (non-hydrogen) atoms. The molecule has 0 unspecified atom stereocenters. The average Bonchev–Trinajstić information content (AvgIpc) is 2.78. The molecule has 0 atom stereocenters. The maximum atomic E-state index is 12.8. The summed E-state index contributed by atoms with van der Waals surface area (Å²) in [7, 11) is 1.47. The molecule has 0 radical (unpaired) electrons. The molecule has 0 aliphatic rings. The van der Waals surface area contributed by atoms with Gasteiger partial charge >= 0.3 is 12.1 Å². The molecule has 3 N–H and O–H groups in total. The van der Waals surface area contributed by atoms with E-state index in [9.17, 15) is 27.6 Å². The minimum Gasteiger partial charge on any atom is -0.463 e. The van der Waals surface area contributed by atoms with Crippen molar-refractivity contribution in [2.45, 2.75) is 19.0 Å². The lowest BCUT2D eigenvalue weighted by atomic mass is 10.1. The number of ether oxygens (including phenoxy) is 2. The van der Waals surface area contributed by atoms with Gasteiger partial charge in [-0.3, -0.25) is 14.4 Å². The first kappa shape index (κ1) is 26.7. The Kier molecular flexibility index (Phi) is 9.95. The number of hydrogen-bond donors (Lipinski definition) is 3. The minimum absolute atomic E-state index is 0.00787. The van der Waals surface area contributed by atoms with Gasteiger partial charge in [-0.15, -0.1) is 0 Å². The second-order valence-electron chi connectivity index (χ2n) is 6.83. The van der Waals surface area contributed by atoms with Gasteiger partial charge in [0.15, 0.2) is 5.11 Å². The third kappa shape index (κ3) is 9.16. The number of benzene rings is 2. The van der Waals surface area contributed by atoms with Gasteiger partial charge in [-0.1, -0.05) is 6.07 Å². The van der Waals surface area contributed by atoms with E-state index in [2.05, 4.69) is 16.0 Å². The van der Waals surface area contributed by atoms with Crippen molar-refractivity contribution in [3.8, 4) is 0 Å². The molecule has 2 rings (SSSR count). The molecule has 0 heterocycles. The number of carbonyl (C=O) groups excluding carboxylic acids is 3. The maximum absolute atomic E-state index is 12.8.